The summed E-state index contributed by atoms with van der Waals surface area (Å²) in [5.41, 5.74) is -0.480. The van der Waals surface area contributed by atoms with Gasteiger partial charge in [0.15, 0.2) is 0 Å². The summed E-state index contributed by atoms with van der Waals surface area (Å²) < 4.78 is 69.6. The summed E-state index contributed by atoms with van der Waals surface area (Å²) in [6, 6.07) is 9.00. The van der Waals surface area contributed by atoms with Gasteiger partial charge in [-0.15, -0.1) is 0 Å². The van der Waals surface area contributed by atoms with E-state index in [-0.39, 0.29) is 11.8 Å². The fourth-order valence-electron chi connectivity index (χ4n) is 2.06. The van der Waals surface area contributed by atoms with Crippen LogP contribution in [0.4, 0.5) is 22.0 Å². The Morgan fingerprint density at radius 1 is 0.880 bits per heavy atom. The molecule has 3 aromatic rings. The minimum absolute atomic E-state index is 0.221. The second-order valence-corrected chi connectivity index (χ2v) is 4.97. The van der Waals surface area contributed by atoms with E-state index in [0.29, 0.717) is 23.4 Å². The molecule has 0 amide bonds. The predicted molar refractivity (Wildman–Crippen MR) is 78.9 cm³/mol. The standard InChI is InChI=1S/C17H9F5N2O/c18-11-3-1-10(2-4-11)15-7-8-23-16(24-15)25-12-5-6-14(19)13(9-12)17(20,21)22/h1-9H. The molecule has 0 bridgehead atoms. The summed E-state index contributed by atoms with van der Waals surface area (Å²) in [6.45, 7) is 0. The third kappa shape index (κ3) is 3.90. The van der Waals surface area contributed by atoms with Crippen molar-refractivity contribution in [2.75, 3.05) is 0 Å². The van der Waals surface area contributed by atoms with E-state index in [0.717, 1.165) is 6.07 Å². The van der Waals surface area contributed by atoms with Crippen molar-refractivity contribution in [3.63, 3.8) is 0 Å². The van der Waals surface area contributed by atoms with Gasteiger partial charge in [-0.25, -0.2) is 13.8 Å². The second-order valence-electron chi connectivity index (χ2n) is 4.97. The number of hydrogen-bond acceptors (Lipinski definition) is 3. The van der Waals surface area contributed by atoms with Crippen molar-refractivity contribution in [2.45, 2.75) is 6.18 Å². The van der Waals surface area contributed by atoms with Crippen molar-refractivity contribution in [1.82, 2.24) is 9.97 Å². The molecule has 0 fully saturated rings. The molecule has 0 aliphatic carbocycles. The molecule has 0 radical (unpaired) electrons. The quantitative estimate of drug-likeness (QED) is 0.605. The van der Waals surface area contributed by atoms with Crippen LogP contribution in [0.1, 0.15) is 5.56 Å². The first-order chi connectivity index (χ1) is 11.8. The Kier molecular flexibility index (Phi) is 4.35. The highest BCUT2D eigenvalue weighted by Gasteiger charge is 2.34. The normalized spacial score (nSPS) is 11.4. The van der Waals surface area contributed by atoms with Gasteiger partial charge in [-0.1, -0.05) is 0 Å². The maximum Gasteiger partial charge on any atom is 0.419 e. The highest BCUT2D eigenvalue weighted by molar-refractivity contribution is 5.58. The Labute approximate surface area is 138 Å². The van der Waals surface area contributed by atoms with Crippen molar-refractivity contribution in [2.24, 2.45) is 0 Å². The third-order valence-electron chi connectivity index (χ3n) is 3.23. The van der Waals surface area contributed by atoms with Crippen molar-refractivity contribution >= 4 is 0 Å². The van der Waals surface area contributed by atoms with Crippen LogP contribution in [0.25, 0.3) is 11.3 Å². The predicted octanol–water partition coefficient (Wildman–Crippen LogP) is 5.23. The average Bonchev–Trinajstić information content (AvgIpc) is 2.56. The molecular weight excluding hydrogens is 343 g/mol. The Bertz CT molecular complexity index is 894. The molecule has 0 atom stereocenters. The van der Waals surface area contributed by atoms with Crippen LogP contribution in [0.5, 0.6) is 11.8 Å². The van der Waals surface area contributed by atoms with E-state index in [1.165, 1.54) is 36.5 Å². The summed E-state index contributed by atoms with van der Waals surface area (Å²) >= 11 is 0. The van der Waals surface area contributed by atoms with E-state index in [1.54, 1.807) is 0 Å². The van der Waals surface area contributed by atoms with Gasteiger partial charge in [-0.05, 0) is 48.5 Å². The molecule has 128 valence electrons. The lowest BCUT2D eigenvalue weighted by Crippen LogP contribution is -2.08. The molecule has 0 saturated carbocycles. The summed E-state index contributed by atoms with van der Waals surface area (Å²) in [5.74, 6) is -2.08. The summed E-state index contributed by atoms with van der Waals surface area (Å²) in [7, 11) is 0. The molecule has 25 heavy (non-hydrogen) atoms. The minimum atomic E-state index is -4.85. The zero-order chi connectivity index (χ0) is 18.0. The Balaban J connectivity index is 1.89. The number of alkyl halides is 3. The van der Waals surface area contributed by atoms with E-state index in [1.807, 2.05) is 0 Å². The molecule has 8 heteroatoms. The van der Waals surface area contributed by atoms with E-state index in [2.05, 4.69) is 9.97 Å². The Hall–Kier alpha value is -3.03. The Morgan fingerprint density at radius 2 is 1.60 bits per heavy atom. The molecule has 0 saturated heterocycles. The minimum Gasteiger partial charge on any atom is -0.424 e. The lowest BCUT2D eigenvalue weighted by Gasteiger charge is -2.10. The smallest absolute Gasteiger partial charge is 0.419 e. The van der Waals surface area contributed by atoms with E-state index >= 15 is 0 Å². The first kappa shape index (κ1) is 16.8. The maximum atomic E-state index is 13.3. The van der Waals surface area contributed by atoms with Crippen LogP contribution in [0.2, 0.25) is 0 Å². The van der Waals surface area contributed by atoms with E-state index in [9.17, 15) is 22.0 Å². The number of rotatable bonds is 3. The van der Waals surface area contributed by atoms with E-state index in [4.69, 9.17) is 4.74 Å². The molecule has 3 rings (SSSR count). The number of nitrogens with zero attached hydrogens (tertiary/aromatic N) is 2. The summed E-state index contributed by atoms with van der Waals surface area (Å²) in [4.78, 5) is 7.86. The van der Waals surface area contributed by atoms with E-state index < -0.39 is 23.4 Å². The first-order valence-electron chi connectivity index (χ1n) is 6.96. The molecule has 0 spiro atoms. The van der Waals surface area contributed by atoms with Crippen LogP contribution in [0.15, 0.2) is 54.7 Å². The largest absolute Gasteiger partial charge is 0.424 e. The fourth-order valence-corrected chi connectivity index (χ4v) is 2.06. The number of ether oxygens (including phenoxy) is 1. The molecule has 0 N–H and O–H groups in total. The van der Waals surface area contributed by atoms with Crippen LogP contribution in [0.3, 0.4) is 0 Å². The molecule has 0 unspecified atom stereocenters. The Morgan fingerprint density at radius 3 is 2.28 bits per heavy atom. The van der Waals surface area contributed by atoms with Gasteiger partial charge in [0.25, 0.3) is 0 Å². The van der Waals surface area contributed by atoms with Crippen LogP contribution in [0, 0.1) is 11.6 Å². The maximum absolute atomic E-state index is 13.3. The topological polar surface area (TPSA) is 35.0 Å². The number of benzene rings is 2. The molecule has 3 nitrogen and oxygen atoms in total. The van der Waals surface area contributed by atoms with Gasteiger partial charge in [0.05, 0.1) is 11.3 Å². The van der Waals surface area contributed by atoms with Crippen molar-refractivity contribution < 1.29 is 26.7 Å². The lowest BCUT2D eigenvalue weighted by atomic mass is 10.1. The van der Waals surface area contributed by atoms with Gasteiger partial charge < -0.3 is 4.74 Å². The number of aromatic nitrogens is 2. The van der Waals surface area contributed by atoms with Gasteiger partial charge in [0.2, 0.25) is 0 Å². The molecule has 1 aromatic heterocycles. The molecule has 0 aliphatic heterocycles. The van der Waals surface area contributed by atoms with Gasteiger partial charge in [0.1, 0.15) is 17.4 Å². The second kappa shape index (κ2) is 6.46. The van der Waals surface area contributed by atoms with Crippen LogP contribution >= 0.6 is 0 Å². The average molecular weight is 352 g/mol. The van der Waals surface area contributed by atoms with Gasteiger partial charge in [-0.2, -0.15) is 18.2 Å². The monoisotopic (exact) mass is 352 g/mol. The highest BCUT2D eigenvalue weighted by Crippen LogP contribution is 2.34. The van der Waals surface area contributed by atoms with Crippen LogP contribution < -0.4 is 4.74 Å². The highest BCUT2D eigenvalue weighted by atomic mass is 19.4. The SMILES string of the molecule is Fc1ccc(-c2ccnc(Oc3ccc(F)c(C(F)(F)F)c3)n2)cc1. The van der Waals surface area contributed by atoms with Gasteiger partial charge in [-0.3, -0.25) is 0 Å². The zero-order valence-corrected chi connectivity index (χ0v) is 12.4. The van der Waals surface area contributed by atoms with Crippen molar-refractivity contribution in [1.29, 1.82) is 0 Å². The molecule has 0 aliphatic rings. The summed E-state index contributed by atoms with van der Waals surface area (Å²) in [5, 5.41) is 0. The third-order valence-corrected chi connectivity index (χ3v) is 3.23. The number of hydrogen-bond donors (Lipinski definition) is 0. The van der Waals surface area contributed by atoms with Gasteiger partial charge in [0, 0.05) is 11.8 Å². The van der Waals surface area contributed by atoms with Gasteiger partial charge >= 0.3 is 12.2 Å². The van der Waals surface area contributed by atoms with Crippen LogP contribution in [-0.2, 0) is 6.18 Å². The molecular formula is C17H9F5N2O. The zero-order valence-electron chi connectivity index (χ0n) is 12.4. The molecule has 2 aromatic carbocycles. The first-order valence-corrected chi connectivity index (χ1v) is 6.96. The van der Waals surface area contributed by atoms with Crippen molar-refractivity contribution in [3.05, 3.63) is 71.9 Å². The van der Waals surface area contributed by atoms with Crippen molar-refractivity contribution in [3.8, 4) is 23.0 Å². The number of halogens is 5. The molecule has 1 heterocycles. The fraction of sp³-hybridized carbons (Fsp3) is 0.0588. The summed E-state index contributed by atoms with van der Waals surface area (Å²) in [6.07, 6.45) is -3.50. The lowest BCUT2D eigenvalue weighted by molar-refractivity contribution is -0.140. The van der Waals surface area contributed by atoms with Crippen LogP contribution in [-0.4, -0.2) is 9.97 Å².